The second-order valence-corrected chi connectivity index (χ2v) is 3.88. The Labute approximate surface area is 100 Å². The van der Waals surface area contributed by atoms with Crippen LogP contribution >= 0.6 is 27.5 Å². The molecular formula is C8H3BrClF5O. The molecule has 0 amide bonds. The van der Waals surface area contributed by atoms with Gasteiger partial charge in [-0.05, 0) is 28.1 Å². The van der Waals surface area contributed by atoms with Crippen molar-refractivity contribution in [1.29, 1.82) is 0 Å². The number of hydrogen-bond donors (Lipinski definition) is 0. The predicted molar refractivity (Wildman–Crippen MR) is 50.8 cm³/mol. The zero-order chi connectivity index (χ0) is 12.5. The molecule has 0 saturated carbocycles. The lowest BCUT2D eigenvalue weighted by Gasteiger charge is -2.12. The number of ether oxygens (including phenoxy) is 1. The van der Waals surface area contributed by atoms with Crippen molar-refractivity contribution in [2.24, 2.45) is 0 Å². The highest BCUT2D eigenvalue weighted by molar-refractivity contribution is 9.10. The van der Waals surface area contributed by atoms with Crippen LogP contribution in [0.2, 0.25) is 5.02 Å². The van der Waals surface area contributed by atoms with Crippen LogP contribution in [0.4, 0.5) is 22.0 Å². The monoisotopic (exact) mass is 324 g/mol. The van der Waals surface area contributed by atoms with E-state index in [9.17, 15) is 22.0 Å². The Kier molecular flexibility index (Phi) is 4.01. The van der Waals surface area contributed by atoms with Crippen molar-refractivity contribution in [3.8, 4) is 5.75 Å². The molecule has 0 aliphatic carbocycles. The Morgan fingerprint density at radius 2 is 1.81 bits per heavy atom. The summed E-state index contributed by atoms with van der Waals surface area (Å²) in [5.41, 5.74) is -1.13. The molecule has 0 N–H and O–H groups in total. The molecule has 0 radical (unpaired) electrons. The normalized spacial score (nSPS) is 12.0. The van der Waals surface area contributed by atoms with E-state index in [0.29, 0.717) is 12.1 Å². The Morgan fingerprint density at radius 3 is 2.25 bits per heavy atom. The van der Waals surface area contributed by atoms with Crippen LogP contribution in [0.1, 0.15) is 5.56 Å². The number of alkyl halides is 5. The molecule has 1 rings (SSSR count). The zero-order valence-electron chi connectivity index (χ0n) is 7.29. The Bertz CT molecular complexity index is 393. The molecule has 0 unspecified atom stereocenters. The van der Waals surface area contributed by atoms with Crippen molar-refractivity contribution in [3.63, 3.8) is 0 Å². The molecule has 0 aliphatic heterocycles. The minimum absolute atomic E-state index is 0.167. The summed E-state index contributed by atoms with van der Waals surface area (Å²) < 4.78 is 64.4. The standard InChI is InChI=1S/C8H3BrClF5O/c9-4-1-3(8(13,14)15)2-5(6(4)10)16-7(11)12/h1-2,7H. The van der Waals surface area contributed by atoms with Crippen LogP contribution in [0.25, 0.3) is 0 Å². The lowest BCUT2D eigenvalue weighted by atomic mass is 10.2. The van der Waals surface area contributed by atoms with Crippen LogP contribution in [0.5, 0.6) is 5.75 Å². The van der Waals surface area contributed by atoms with E-state index in [1.807, 2.05) is 0 Å². The minimum Gasteiger partial charge on any atom is -0.433 e. The molecule has 1 nitrogen and oxygen atoms in total. The maximum Gasteiger partial charge on any atom is 0.416 e. The molecule has 90 valence electrons. The third kappa shape index (κ3) is 3.21. The Balaban J connectivity index is 3.22. The van der Waals surface area contributed by atoms with E-state index < -0.39 is 24.1 Å². The van der Waals surface area contributed by atoms with Gasteiger partial charge in [0.1, 0.15) is 5.75 Å². The van der Waals surface area contributed by atoms with Crippen LogP contribution in [-0.2, 0) is 6.18 Å². The van der Waals surface area contributed by atoms with Gasteiger partial charge in [-0.15, -0.1) is 0 Å². The van der Waals surface area contributed by atoms with Gasteiger partial charge in [0.25, 0.3) is 0 Å². The molecule has 0 spiro atoms. The van der Waals surface area contributed by atoms with Gasteiger partial charge in [0.2, 0.25) is 0 Å². The SMILES string of the molecule is FC(F)Oc1cc(C(F)(F)F)cc(Br)c1Cl. The molecule has 8 heteroatoms. The summed E-state index contributed by atoms with van der Waals surface area (Å²) in [6, 6.07) is 1.10. The molecular weight excluding hydrogens is 322 g/mol. The minimum atomic E-state index is -4.66. The van der Waals surface area contributed by atoms with E-state index in [2.05, 4.69) is 20.7 Å². The smallest absolute Gasteiger partial charge is 0.416 e. The van der Waals surface area contributed by atoms with Crippen LogP contribution in [0.3, 0.4) is 0 Å². The lowest BCUT2D eigenvalue weighted by Crippen LogP contribution is -2.08. The fraction of sp³-hybridized carbons (Fsp3) is 0.250. The van der Waals surface area contributed by atoms with Crippen LogP contribution in [-0.4, -0.2) is 6.61 Å². The molecule has 16 heavy (non-hydrogen) atoms. The highest BCUT2D eigenvalue weighted by Crippen LogP contribution is 2.40. The molecule has 0 heterocycles. The van der Waals surface area contributed by atoms with Crippen molar-refractivity contribution >= 4 is 27.5 Å². The van der Waals surface area contributed by atoms with Gasteiger partial charge in [-0.1, -0.05) is 11.6 Å². The fourth-order valence-corrected chi connectivity index (χ4v) is 1.50. The Morgan fingerprint density at radius 1 is 1.25 bits per heavy atom. The van der Waals surface area contributed by atoms with Crippen LogP contribution in [0.15, 0.2) is 16.6 Å². The summed E-state index contributed by atoms with van der Waals surface area (Å²) >= 11 is 8.21. The molecule has 0 aliphatic rings. The third-order valence-electron chi connectivity index (χ3n) is 1.54. The average molecular weight is 325 g/mol. The zero-order valence-corrected chi connectivity index (χ0v) is 9.63. The molecule has 0 bridgehead atoms. The van der Waals surface area contributed by atoms with Crippen molar-refractivity contribution in [2.45, 2.75) is 12.8 Å². The molecule has 0 atom stereocenters. The van der Waals surface area contributed by atoms with Gasteiger partial charge in [-0.2, -0.15) is 22.0 Å². The van der Waals surface area contributed by atoms with Gasteiger partial charge in [0.05, 0.1) is 10.6 Å². The summed E-state index contributed by atoms with van der Waals surface area (Å²) in [4.78, 5) is 0. The summed E-state index contributed by atoms with van der Waals surface area (Å²) in [5, 5.41) is -0.340. The maximum atomic E-state index is 12.3. The van der Waals surface area contributed by atoms with Gasteiger partial charge < -0.3 is 4.74 Å². The number of rotatable bonds is 2. The van der Waals surface area contributed by atoms with Crippen molar-refractivity contribution < 1.29 is 26.7 Å². The topological polar surface area (TPSA) is 9.23 Å². The first kappa shape index (κ1) is 13.5. The molecule has 0 fully saturated rings. The second-order valence-electron chi connectivity index (χ2n) is 2.65. The van der Waals surface area contributed by atoms with Crippen LogP contribution < -0.4 is 4.74 Å². The Hall–Kier alpha value is -0.560. The van der Waals surface area contributed by atoms with Crippen molar-refractivity contribution in [3.05, 3.63) is 27.2 Å². The third-order valence-corrected chi connectivity index (χ3v) is 2.78. The van der Waals surface area contributed by atoms with Gasteiger partial charge in [0, 0.05) is 4.47 Å². The van der Waals surface area contributed by atoms with Gasteiger partial charge in [-0.25, -0.2) is 0 Å². The first-order valence-corrected chi connectivity index (χ1v) is 4.90. The largest absolute Gasteiger partial charge is 0.433 e. The van der Waals surface area contributed by atoms with Crippen molar-refractivity contribution in [2.75, 3.05) is 0 Å². The van der Waals surface area contributed by atoms with Crippen molar-refractivity contribution in [1.82, 2.24) is 0 Å². The molecule has 1 aromatic carbocycles. The fourth-order valence-electron chi connectivity index (χ4n) is 0.909. The first-order valence-electron chi connectivity index (χ1n) is 3.73. The van der Waals surface area contributed by atoms with Crippen LogP contribution in [0, 0.1) is 0 Å². The average Bonchev–Trinajstić information content (AvgIpc) is 2.10. The molecule has 1 aromatic rings. The van der Waals surface area contributed by atoms with E-state index in [1.165, 1.54) is 0 Å². The predicted octanol–water partition coefficient (Wildman–Crippen LogP) is 4.72. The van der Waals surface area contributed by atoms with E-state index in [1.54, 1.807) is 0 Å². The van der Waals surface area contributed by atoms with E-state index >= 15 is 0 Å². The number of halogens is 7. The lowest BCUT2D eigenvalue weighted by molar-refractivity contribution is -0.138. The molecule has 0 aromatic heterocycles. The first-order chi connectivity index (χ1) is 7.21. The number of hydrogen-bond acceptors (Lipinski definition) is 1. The van der Waals surface area contributed by atoms with Gasteiger partial charge in [0.15, 0.2) is 0 Å². The summed E-state index contributed by atoms with van der Waals surface area (Å²) in [5.74, 6) is -0.724. The van der Waals surface area contributed by atoms with Gasteiger partial charge >= 0.3 is 12.8 Å². The summed E-state index contributed by atoms with van der Waals surface area (Å²) in [7, 11) is 0. The second kappa shape index (κ2) is 4.75. The van der Waals surface area contributed by atoms with E-state index in [0.717, 1.165) is 0 Å². The maximum absolute atomic E-state index is 12.3. The molecule has 0 saturated heterocycles. The quantitative estimate of drug-likeness (QED) is 0.715. The summed E-state index contributed by atoms with van der Waals surface area (Å²) in [6.45, 7) is -3.24. The van der Waals surface area contributed by atoms with Gasteiger partial charge in [-0.3, -0.25) is 0 Å². The number of benzene rings is 1. The van der Waals surface area contributed by atoms with E-state index in [-0.39, 0.29) is 9.50 Å². The highest BCUT2D eigenvalue weighted by Gasteiger charge is 2.32. The van der Waals surface area contributed by atoms with E-state index in [4.69, 9.17) is 11.6 Å². The summed E-state index contributed by atoms with van der Waals surface area (Å²) in [6.07, 6.45) is -4.66. The highest BCUT2D eigenvalue weighted by atomic mass is 79.9.